The van der Waals surface area contributed by atoms with Crippen molar-refractivity contribution in [3.63, 3.8) is 0 Å². The molecular weight excluding hydrogens is 400 g/mol. The Balaban J connectivity index is 1.44. The number of pyridine rings is 2. The van der Waals surface area contributed by atoms with Gasteiger partial charge in [0.1, 0.15) is 11.6 Å². The van der Waals surface area contributed by atoms with E-state index in [9.17, 15) is 4.79 Å². The molecule has 4 heterocycles. The van der Waals surface area contributed by atoms with Gasteiger partial charge in [0.2, 0.25) is 0 Å². The summed E-state index contributed by atoms with van der Waals surface area (Å²) in [5.74, 6) is 1.75. The molecular formula is C23H29ClN4O2. The molecule has 2 aliphatic heterocycles. The number of ether oxygens (including phenoxy) is 1. The van der Waals surface area contributed by atoms with E-state index in [0.717, 1.165) is 75.6 Å². The summed E-state index contributed by atoms with van der Waals surface area (Å²) in [6.45, 7) is 4.32. The fourth-order valence-electron chi connectivity index (χ4n) is 4.11. The van der Waals surface area contributed by atoms with Gasteiger partial charge in [0.05, 0.1) is 10.7 Å². The van der Waals surface area contributed by atoms with E-state index < -0.39 is 0 Å². The third-order valence-corrected chi connectivity index (χ3v) is 6.26. The van der Waals surface area contributed by atoms with Crippen LogP contribution in [0.15, 0.2) is 30.5 Å². The lowest BCUT2D eigenvalue weighted by atomic mass is 9.92. The molecule has 1 atom stereocenters. The summed E-state index contributed by atoms with van der Waals surface area (Å²) in [4.78, 5) is 21.8. The van der Waals surface area contributed by atoms with Gasteiger partial charge < -0.3 is 15.4 Å². The fraction of sp³-hybridized carbons (Fsp3) is 0.522. The van der Waals surface area contributed by atoms with Crippen molar-refractivity contribution in [3.05, 3.63) is 41.2 Å². The summed E-state index contributed by atoms with van der Waals surface area (Å²) in [6.07, 6.45) is 6.24. The molecule has 2 aromatic heterocycles. The van der Waals surface area contributed by atoms with Crippen molar-refractivity contribution < 1.29 is 9.53 Å². The quantitative estimate of drug-likeness (QED) is 0.699. The van der Waals surface area contributed by atoms with Gasteiger partial charge in [-0.25, -0.2) is 4.98 Å². The molecule has 2 aliphatic rings. The molecule has 2 aromatic rings. The molecule has 0 radical (unpaired) electrons. The Morgan fingerprint density at radius 3 is 2.90 bits per heavy atom. The third-order valence-electron chi connectivity index (χ3n) is 5.96. The van der Waals surface area contributed by atoms with Crippen LogP contribution >= 0.6 is 11.6 Å². The zero-order valence-electron chi connectivity index (χ0n) is 17.2. The summed E-state index contributed by atoms with van der Waals surface area (Å²) < 4.78 is 5.43. The minimum absolute atomic E-state index is 0.0867. The van der Waals surface area contributed by atoms with Crippen molar-refractivity contribution in [2.45, 2.75) is 32.1 Å². The van der Waals surface area contributed by atoms with Gasteiger partial charge >= 0.3 is 0 Å². The van der Waals surface area contributed by atoms with Gasteiger partial charge in [-0.05, 0) is 62.4 Å². The van der Waals surface area contributed by atoms with E-state index in [0.29, 0.717) is 23.1 Å². The number of hydrogen-bond donors (Lipinski definition) is 2. The smallest absolute Gasteiger partial charge is 0.143 e. The molecule has 4 rings (SSSR count). The van der Waals surface area contributed by atoms with Crippen LogP contribution < -0.4 is 10.6 Å². The van der Waals surface area contributed by atoms with E-state index in [1.807, 2.05) is 24.3 Å². The van der Waals surface area contributed by atoms with E-state index in [4.69, 9.17) is 21.3 Å². The molecule has 0 bridgehead atoms. The van der Waals surface area contributed by atoms with Crippen LogP contribution in [0, 0.1) is 11.8 Å². The number of ketones is 1. The Hall–Kier alpha value is -2.02. The van der Waals surface area contributed by atoms with Crippen molar-refractivity contribution in [2.75, 3.05) is 38.2 Å². The number of nitrogens with one attached hydrogen (secondary N) is 2. The number of rotatable bonds is 7. The molecule has 0 aliphatic carbocycles. The Kier molecular flexibility index (Phi) is 7.31. The van der Waals surface area contributed by atoms with Crippen molar-refractivity contribution in [1.82, 2.24) is 15.3 Å². The Bertz CT molecular complexity index is 864. The van der Waals surface area contributed by atoms with Crippen LogP contribution in [-0.2, 0) is 16.0 Å². The second kappa shape index (κ2) is 10.3. The van der Waals surface area contributed by atoms with E-state index in [2.05, 4.69) is 15.6 Å². The van der Waals surface area contributed by atoms with Gasteiger partial charge in [0, 0.05) is 56.1 Å². The summed E-state index contributed by atoms with van der Waals surface area (Å²) in [5.41, 5.74) is 2.36. The SMILES string of the molecule is O=C(Cc1cc(-c2nc(NCC3CCOCC3)ccc2Cl)ccn1)[C@@H]1CCCNC1. The predicted octanol–water partition coefficient (Wildman–Crippen LogP) is 3.75. The minimum Gasteiger partial charge on any atom is -0.381 e. The van der Waals surface area contributed by atoms with Crippen LogP contribution in [-0.4, -0.2) is 48.6 Å². The molecule has 0 aromatic carbocycles. The highest BCUT2D eigenvalue weighted by atomic mass is 35.5. The molecule has 2 fully saturated rings. The first-order chi connectivity index (χ1) is 14.7. The first-order valence-corrected chi connectivity index (χ1v) is 11.2. The zero-order chi connectivity index (χ0) is 20.8. The summed E-state index contributed by atoms with van der Waals surface area (Å²) in [6, 6.07) is 7.61. The number of nitrogens with zero attached hydrogens (tertiary/aromatic N) is 2. The van der Waals surface area contributed by atoms with Crippen LogP contribution in [0.4, 0.5) is 5.82 Å². The lowest BCUT2D eigenvalue weighted by Gasteiger charge is -2.22. The van der Waals surface area contributed by atoms with Gasteiger partial charge in [0.25, 0.3) is 0 Å². The van der Waals surface area contributed by atoms with E-state index >= 15 is 0 Å². The molecule has 0 amide bonds. The summed E-state index contributed by atoms with van der Waals surface area (Å²) >= 11 is 6.46. The van der Waals surface area contributed by atoms with Gasteiger partial charge in [-0.15, -0.1) is 0 Å². The minimum atomic E-state index is 0.0867. The number of anilines is 1. The van der Waals surface area contributed by atoms with Gasteiger partial charge in [-0.1, -0.05) is 11.6 Å². The average molecular weight is 429 g/mol. The second-order valence-corrected chi connectivity index (χ2v) is 8.59. The molecule has 30 heavy (non-hydrogen) atoms. The molecule has 7 heteroatoms. The second-order valence-electron chi connectivity index (χ2n) is 8.19. The van der Waals surface area contributed by atoms with Gasteiger partial charge in [-0.3, -0.25) is 9.78 Å². The van der Waals surface area contributed by atoms with Crippen LogP contribution in [0.25, 0.3) is 11.3 Å². The standard InChI is InChI=1S/C23H29ClN4O2/c24-20-3-4-22(27-14-16-6-10-30-11-7-16)28-23(20)17-5-9-26-19(12-17)13-21(29)18-2-1-8-25-15-18/h3-5,9,12,16,18,25H,1-2,6-8,10-11,13-15H2,(H,27,28)/t18-/m1/s1. The number of carbonyl (C=O) groups excluding carboxylic acids is 1. The Labute approximate surface area is 182 Å². The number of hydrogen-bond acceptors (Lipinski definition) is 6. The third kappa shape index (κ3) is 5.56. The highest BCUT2D eigenvalue weighted by molar-refractivity contribution is 6.33. The van der Waals surface area contributed by atoms with Crippen LogP contribution in [0.1, 0.15) is 31.4 Å². The molecule has 2 N–H and O–H groups in total. The number of aromatic nitrogens is 2. The largest absolute Gasteiger partial charge is 0.381 e. The van der Waals surface area contributed by atoms with Crippen LogP contribution in [0.2, 0.25) is 5.02 Å². The van der Waals surface area contributed by atoms with Crippen LogP contribution in [0.3, 0.4) is 0 Å². The Morgan fingerprint density at radius 2 is 2.10 bits per heavy atom. The fourth-order valence-corrected chi connectivity index (χ4v) is 4.33. The lowest BCUT2D eigenvalue weighted by molar-refractivity contribution is -0.122. The monoisotopic (exact) mass is 428 g/mol. The molecule has 2 saturated heterocycles. The molecule has 0 unspecified atom stereocenters. The molecule has 0 spiro atoms. The first-order valence-electron chi connectivity index (χ1n) is 10.9. The van der Waals surface area contributed by atoms with E-state index in [1.165, 1.54) is 0 Å². The highest BCUT2D eigenvalue weighted by Gasteiger charge is 2.21. The summed E-state index contributed by atoms with van der Waals surface area (Å²) in [5, 5.41) is 7.33. The number of piperidine rings is 1. The predicted molar refractivity (Wildman–Crippen MR) is 119 cm³/mol. The van der Waals surface area contributed by atoms with Crippen LogP contribution in [0.5, 0.6) is 0 Å². The van der Waals surface area contributed by atoms with Crippen molar-refractivity contribution in [3.8, 4) is 11.3 Å². The van der Waals surface area contributed by atoms with Crippen molar-refractivity contribution >= 4 is 23.2 Å². The maximum atomic E-state index is 12.6. The summed E-state index contributed by atoms with van der Waals surface area (Å²) in [7, 11) is 0. The topological polar surface area (TPSA) is 76.1 Å². The maximum absolute atomic E-state index is 12.6. The van der Waals surface area contributed by atoms with E-state index in [-0.39, 0.29) is 11.7 Å². The lowest BCUT2D eigenvalue weighted by Crippen LogP contribution is -2.35. The highest BCUT2D eigenvalue weighted by Crippen LogP contribution is 2.28. The molecule has 160 valence electrons. The molecule has 6 nitrogen and oxygen atoms in total. The zero-order valence-corrected chi connectivity index (χ0v) is 18.0. The van der Waals surface area contributed by atoms with Gasteiger partial charge in [-0.2, -0.15) is 0 Å². The number of halogens is 1. The van der Waals surface area contributed by atoms with Gasteiger partial charge in [0.15, 0.2) is 0 Å². The normalized spacial score (nSPS) is 20.1. The average Bonchev–Trinajstić information content (AvgIpc) is 2.80. The Morgan fingerprint density at radius 1 is 1.23 bits per heavy atom. The number of Topliss-reactive ketones (excluding diaryl/α,β-unsaturated/α-hetero) is 1. The van der Waals surface area contributed by atoms with E-state index in [1.54, 1.807) is 6.20 Å². The van der Waals surface area contributed by atoms with Crippen molar-refractivity contribution in [1.29, 1.82) is 0 Å². The van der Waals surface area contributed by atoms with Crippen molar-refractivity contribution in [2.24, 2.45) is 11.8 Å². The number of carbonyl (C=O) groups is 1. The molecule has 0 saturated carbocycles. The first kappa shape index (κ1) is 21.2. The maximum Gasteiger partial charge on any atom is 0.143 e.